The van der Waals surface area contributed by atoms with Crippen LogP contribution in [0.1, 0.15) is 34.7 Å². The summed E-state index contributed by atoms with van der Waals surface area (Å²) in [7, 11) is 0. The molecule has 0 saturated heterocycles. The molecule has 1 aromatic rings. The predicted molar refractivity (Wildman–Crippen MR) is 59.9 cm³/mol. The number of nitrogens with one attached hydrogen (secondary N) is 1. The summed E-state index contributed by atoms with van der Waals surface area (Å²) in [5.74, 6) is -0.409. The third kappa shape index (κ3) is 3.34. The van der Waals surface area contributed by atoms with Gasteiger partial charge in [0.2, 0.25) is 0 Å². The third-order valence-electron chi connectivity index (χ3n) is 1.95. The highest BCUT2D eigenvalue weighted by Crippen LogP contribution is 2.00. The molecule has 0 fully saturated rings. The number of aromatic nitrogens is 1. The Bertz CT molecular complexity index is 385. The van der Waals surface area contributed by atoms with Crippen LogP contribution >= 0.6 is 0 Å². The SMILES string of the molecule is CC(C)CNC(=O)c1ccc(C(N)=O)nc1. The number of hydrogen-bond donors (Lipinski definition) is 2. The Hall–Kier alpha value is -1.91. The van der Waals surface area contributed by atoms with E-state index in [2.05, 4.69) is 10.3 Å². The molecular weight excluding hydrogens is 206 g/mol. The van der Waals surface area contributed by atoms with Gasteiger partial charge in [0.25, 0.3) is 11.8 Å². The standard InChI is InChI=1S/C11H15N3O2/c1-7(2)5-14-11(16)8-3-4-9(10(12)15)13-6-8/h3-4,6-7H,5H2,1-2H3,(H2,12,15)(H,14,16). The van der Waals surface area contributed by atoms with Gasteiger partial charge in [-0.05, 0) is 18.1 Å². The van der Waals surface area contributed by atoms with E-state index in [4.69, 9.17) is 5.73 Å². The topological polar surface area (TPSA) is 85.1 Å². The lowest BCUT2D eigenvalue weighted by Gasteiger charge is -2.07. The summed E-state index contributed by atoms with van der Waals surface area (Å²) in [6.45, 7) is 4.62. The molecule has 1 heterocycles. The van der Waals surface area contributed by atoms with Crippen LogP contribution in [0.3, 0.4) is 0 Å². The number of carbonyl (C=O) groups excluding carboxylic acids is 2. The summed E-state index contributed by atoms with van der Waals surface area (Å²) in [5.41, 5.74) is 5.61. The van der Waals surface area contributed by atoms with Crippen molar-refractivity contribution >= 4 is 11.8 Å². The molecule has 0 aliphatic carbocycles. The van der Waals surface area contributed by atoms with Crippen molar-refractivity contribution in [2.24, 2.45) is 11.7 Å². The Labute approximate surface area is 94.1 Å². The van der Waals surface area contributed by atoms with Gasteiger partial charge in [-0.25, -0.2) is 0 Å². The lowest BCUT2D eigenvalue weighted by Crippen LogP contribution is -2.27. The van der Waals surface area contributed by atoms with Gasteiger partial charge in [-0.15, -0.1) is 0 Å². The molecule has 1 aromatic heterocycles. The van der Waals surface area contributed by atoms with Crippen LogP contribution in [0.25, 0.3) is 0 Å². The number of hydrogen-bond acceptors (Lipinski definition) is 3. The summed E-state index contributed by atoms with van der Waals surface area (Å²) in [5, 5.41) is 2.75. The highest BCUT2D eigenvalue weighted by molar-refractivity contribution is 5.95. The molecule has 2 amide bonds. The van der Waals surface area contributed by atoms with Crippen molar-refractivity contribution in [3.8, 4) is 0 Å². The van der Waals surface area contributed by atoms with Gasteiger partial charge in [0, 0.05) is 12.7 Å². The molecule has 0 unspecified atom stereocenters. The normalized spacial score (nSPS) is 10.2. The molecular formula is C11H15N3O2. The highest BCUT2D eigenvalue weighted by Gasteiger charge is 2.07. The largest absolute Gasteiger partial charge is 0.364 e. The summed E-state index contributed by atoms with van der Waals surface area (Å²) in [6, 6.07) is 2.97. The molecule has 86 valence electrons. The van der Waals surface area contributed by atoms with Gasteiger partial charge in [0.1, 0.15) is 5.69 Å². The minimum absolute atomic E-state index is 0.153. The highest BCUT2D eigenvalue weighted by atomic mass is 16.2. The van der Waals surface area contributed by atoms with Crippen molar-refractivity contribution in [1.82, 2.24) is 10.3 Å². The number of nitrogens with two attached hydrogens (primary N) is 1. The molecule has 3 N–H and O–H groups in total. The minimum atomic E-state index is -0.603. The number of pyridine rings is 1. The molecule has 0 bridgehead atoms. The lowest BCUT2D eigenvalue weighted by atomic mass is 10.2. The van der Waals surface area contributed by atoms with Crippen molar-refractivity contribution in [1.29, 1.82) is 0 Å². The molecule has 5 nitrogen and oxygen atoms in total. The van der Waals surface area contributed by atoms with Crippen molar-refractivity contribution in [3.05, 3.63) is 29.6 Å². The first kappa shape index (κ1) is 12.2. The maximum Gasteiger partial charge on any atom is 0.267 e. The minimum Gasteiger partial charge on any atom is -0.364 e. The van der Waals surface area contributed by atoms with Gasteiger partial charge >= 0.3 is 0 Å². The van der Waals surface area contributed by atoms with Gasteiger partial charge in [-0.2, -0.15) is 0 Å². The second-order valence-corrected chi connectivity index (χ2v) is 3.90. The van der Waals surface area contributed by atoms with Crippen LogP contribution in [0, 0.1) is 5.92 Å². The van der Waals surface area contributed by atoms with Crippen LogP contribution in [0.4, 0.5) is 0 Å². The van der Waals surface area contributed by atoms with Crippen LogP contribution in [0.15, 0.2) is 18.3 Å². The zero-order chi connectivity index (χ0) is 12.1. The van der Waals surface area contributed by atoms with E-state index in [9.17, 15) is 9.59 Å². The third-order valence-corrected chi connectivity index (χ3v) is 1.95. The van der Waals surface area contributed by atoms with E-state index >= 15 is 0 Å². The number of amides is 2. The van der Waals surface area contributed by atoms with Crippen LogP contribution in [-0.4, -0.2) is 23.3 Å². The van der Waals surface area contributed by atoms with Crippen molar-refractivity contribution in [2.45, 2.75) is 13.8 Å². The maximum absolute atomic E-state index is 11.6. The summed E-state index contributed by atoms with van der Waals surface area (Å²) < 4.78 is 0. The summed E-state index contributed by atoms with van der Waals surface area (Å²) in [6.07, 6.45) is 1.34. The molecule has 16 heavy (non-hydrogen) atoms. The molecule has 5 heteroatoms. The smallest absolute Gasteiger partial charge is 0.267 e. The second-order valence-electron chi connectivity index (χ2n) is 3.90. The molecule has 1 rings (SSSR count). The van der Waals surface area contributed by atoms with Gasteiger partial charge in [-0.1, -0.05) is 13.8 Å². The van der Waals surface area contributed by atoms with E-state index in [1.54, 1.807) is 0 Å². The van der Waals surface area contributed by atoms with E-state index < -0.39 is 5.91 Å². The van der Waals surface area contributed by atoms with Gasteiger partial charge in [-0.3, -0.25) is 14.6 Å². The molecule has 0 spiro atoms. The first-order valence-corrected chi connectivity index (χ1v) is 5.04. The molecule has 0 aliphatic rings. The van der Waals surface area contributed by atoms with Crippen molar-refractivity contribution in [3.63, 3.8) is 0 Å². The maximum atomic E-state index is 11.6. The first-order chi connectivity index (χ1) is 7.50. The zero-order valence-electron chi connectivity index (χ0n) is 9.36. The van der Waals surface area contributed by atoms with E-state index in [1.165, 1.54) is 18.3 Å². The fourth-order valence-electron chi connectivity index (χ4n) is 1.07. The van der Waals surface area contributed by atoms with Crippen molar-refractivity contribution < 1.29 is 9.59 Å². The quantitative estimate of drug-likeness (QED) is 0.779. The van der Waals surface area contributed by atoms with Gasteiger partial charge in [0.05, 0.1) is 5.56 Å². The Morgan fingerprint density at radius 3 is 2.56 bits per heavy atom. The molecule has 0 radical (unpaired) electrons. The number of rotatable bonds is 4. The number of carbonyl (C=O) groups is 2. The fourth-order valence-corrected chi connectivity index (χ4v) is 1.07. The monoisotopic (exact) mass is 221 g/mol. The Morgan fingerprint density at radius 1 is 1.44 bits per heavy atom. The fraction of sp³-hybridized carbons (Fsp3) is 0.364. The van der Waals surface area contributed by atoms with Crippen LogP contribution in [-0.2, 0) is 0 Å². The lowest BCUT2D eigenvalue weighted by molar-refractivity contribution is 0.0945. The molecule has 0 aromatic carbocycles. The molecule has 0 saturated carbocycles. The first-order valence-electron chi connectivity index (χ1n) is 5.04. The van der Waals surface area contributed by atoms with E-state index in [1.807, 2.05) is 13.8 Å². The average Bonchev–Trinajstić information content (AvgIpc) is 2.26. The Kier molecular flexibility index (Phi) is 3.99. The van der Waals surface area contributed by atoms with Crippen LogP contribution < -0.4 is 11.1 Å². The van der Waals surface area contributed by atoms with Gasteiger partial charge in [0.15, 0.2) is 0 Å². The zero-order valence-corrected chi connectivity index (χ0v) is 9.36. The van der Waals surface area contributed by atoms with Crippen LogP contribution in [0.2, 0.25) is 0 Å². The van der Waals surface area contributed by atoms with Crippen LogP contribution in [0.5, 0.6) is 0 Å². The Balaban J connectivity index is 2.67. The second kappa shape index (κ2) is 5.25. The van der Waals surface area contributed by atoms with Gasteiger partial charge < -0.3 is 11.1 Å². The Morgan fingerprint density at radius 2 is 2.12 bits per heavy atom. The summed E-state index contributed by atoms with van der Waals surface area (Å²) >= 11 is 0. The van der Waals surface area contributed by atoms with E-state index in [0.29, 0.717) is 18.0 Å². The van der Waals surface area contributed by atoms with Crippen molar-refractivity contribution in [2.75, 3.05) is 6.54 Å². The number of primary amides is 1. The molecule has 0 atom stereocenters. The average molecular weight is 221 g/mol. The van der Waals surface area contributed by atoms with E-state index in [-0.39, 0.29) is 11.6 Å². The van der Waals surface area contributed by atoms with E-state index in [0.717, 1.165) is 0 Å². The predicted octanol–water partition coefficient (Wildman–Crippen LogP) is 0.566. The number of nitrogens with zero attached hydrogens (tertiary/aromatic N) is 1. The summed E-state index contributed by atoms with van der Waals surface area (Å²) in [4.78, 5) is 26.1. The molecule has 0 aliphatic heterocycles.